The minimum atomic E-state index is -0.362. The zero-order valence-electron chi connectivity index (χ0n) is 17.9. The minimum Gasteiger partial charge on any atom is -0.490 e. The van der Waals surface area contributed by atoms with Gasteiger partial charge in [-0.2, -0.15) is 5.10 Å². The van der Waals surface area contributed by atoms with E-state index in [1.54, 1.807) is 36.5 Å². The van der Waals surface area contributed by atoms with E-state index in [1.165, 1.54) is 12.4 Å². The van der Waals surface area contributed by atoms with Gasteiger partial charge >= 0.3 is 0 Å². The lowest BCUT2D eigenvalue weighted by molar-refractivity contribution is -0.118. The number of aromatic nitrogens is 1. The summed E-state index contributed by atoms with van der Waals surface area (Å²) in [5.41, 5.74) is 5.36. The number of aryl methyl sites for hydroxylation is 1. The van der Waals surface area contributed by atoms with Crippen molar-refractivity contribution in [2.45, 2.75) is 13.8 Å². The number of hydrogen-bond donors (Lipinski definition) is 2. The average molecular weight is 432 g/mol. The Hall–Kier alpha value is -4.20. The van der Waals surface area contributed by atoms with E-state index in [4.69, 9.17) is 9.47 Å². The maximum absolute atomic E-state index is 12.2. The van der Waals surface area contributed by atoms with E-state index in [9.17, 15) is 9.59 Å². The van der Waals surface area contributed by atoms with Gasteiger partial charge in [-0.25, -0.2) is 5.43 Å². The third-order valence-corrected chi connectivity index (χ3v) is 4.27. The molecule has 1 aromatic heterocycles. The van der Waals surface area contributed by atoms with Gasteiger partial charge in [-0.1, -0.05) is 17.7 Å². The van der Waals surface area contributed by atoms with Gasteiger partial charge in [0, 0.05) is 18.1 Å². The second kappa shape index (κ2) is 11.3. The van der Waals surface area contributed by atoms with Crippen LogP contribution in [-0.4, -0.2) is 36.2 Å². The number of hydrogen-bond acceptors (Lipinski definition) is 6. The summed E-state index contributed by atoms with van der Waals surface area (Å²) >= 11 is 0. The molecule has 2 N–H and O–H groups in total. The Morgan fingerprint density at radius 2 is 1.88 bits per heavy atom. The monoisotopic (exact) mass is 432 g/mol. The number of rotatable bonds is 9. The zero-order valence-corrected chi connectivity index (χ0v) is 17.9. The summed E-state index contributed by atoms with van der Waals surface area (Å²) in [6.07, 6.45) is 4.54. The summed E-state index contributed by atoms with van der Waals surface area (Å²) < 4.78 is 11.3. The average Bonchev–Trinajstić information content (AvgIpc) is 2.81. The first kappa shape index (κ1) is 22.5. The van der Waals surface area contributed by atoms with Crippen LogP contribution in [0.4, 0.5) is 5.69 Å². The van der Waals surface area contributed by atoms with Crippen LogP contribution < -0.4 is 20.2 Å². The van der Waals surface area contributed by atoms with Crippen LogP contribution in [0, 0.1) is 6.92 Å². The Morgan fingerprint density at radius 3 is 2.59 bits per heavy atom. The smallest absolute Gasteiger partial charge is 0.272 e. The highest BCUT2D eigenvalue weighted by atomic mass is 16.5. The molecule has 164 valence electrons. The SMILES string of the molecule is CCOc1cc(/C=N/NC(=O)c2cccnc2)ccc1OCC(=O)Nc1ccc(C)cc1. The fourth-order valence-corrected chi connectivity index (χ4v) is 2.70. The quantitative estimate of drug-likeness (QED) is 0.398. The zero-order chi connectivity index (χ0) is 22.8. The van der Waals surface area contributed by atoms with Crippen molar-refractivity contribution in [1.29, 1.82) is 0 Å². The number of carbonyl (C=O) groups is 2. The van der Waals surface area contributed by atoms with Crippen LogP contribution in [0.5, 0.6) is 11.5 Å². The molecule has 8 nitrogen and oxygen atoms in total. The summed E-state index contributed by atoms with van der Waals surface area (Å²) in [6.45, 7) is 4.09. The normalized spacial score (nSPS) is 10.6. The van der Waals surface area contributed by atoms with Crippen LogP contribution in [0.3, 0.4) is 0 Å². The molecule has 3 rings (SSSR count). The molecule has 0 atom stereocenters. The molecule has 32 heavy (non-hydrogen) atoms. The first-order valence-electron chi connectivity index (χ1n) is 10.0. The topological polar surface area (TPSA) is 102 Å². The number of anilines is 1. The van der Waals surface area contributed by atoms with Crippen molar-refractivity contribution in [3.63, 3.8) is 0 Å². The fraction of sp³-hybridized carbons (Fsp3) is 0.167. The largest absolute Gasteiger partial charge is 0.490 e. The lowest BCUT2D eigenvalue weighted by Gasteiger charge is -2.12. The molecule has 0 saturated heterocycles. The number of pyridine rings is 1. The molecular weight excluding hydrogens is 408 g/mol. The van der Waals surface area contributed by atoms with Crippen LogP contribution in [-0.2, 0) is 4.79 Å². The molecule has 8 heteroatoms. The van der Waals surface area contributed by atoms with E-state index in [2.05, 4.69) is 20.8 Å². The predicted molar refractivity (Wildman–Crippen MR) is 122 cm³/mol. The first-order valence-corrected chi connectivity index (χ1v) is 10.0. The lowest BCUT2D eigenvalue weighted by atomic mass is 10.2. The summed E-state index contributed by atoms with van der Waals surface area (Å²) in [6, 6.07) is 16.0. The molecule has 3 aromatic rings. The molecule has 0 fully saturated rings. The van der Waals surface area contributed by atoms with Crippen LogP contribution >= 0.6 is 0 Å². The molecule has 0 radical (unpaired) electrons. The number of benzene rings is 2. The van der Waals surface area contributed by atoms with Gasteiger partial charge in [0.15, 0.2) is 18.1 Å². The predicted octanol–water partition coefficient (Wildman–Crippen LogP) is 3.57. The molecule has 0 aliphatic rings. The van der Waals surface area contributed by atoms with E-state index in [0.29, 0.717) is 34.9 Å². The van der Waals surface area contributed by atoms with Gasteiger partial charge in [0.05, 0.1) is 18.4 Å². The standard InChI is InChI=1S/C24H24N4O4/c1-3-31-22-13-18(14-26-28-24(30)19-5-4-12-25-15-19)8-11-21(22)32-16-23(29)27-20-9-6-17(2)7-10-20/h4-15H,3,16H2,1-2H3,(H,27,29)(H,28,30)/b26-14+. The number of nitrogens with zero attached hydrogens (tertiary/aromatic N) is 2. The molecule has 2 aromatic carbocycles. The van der Waals surface area contributed by atoms with Gasteiger partial charge < -0.3 is 14.8 Å². The highest BCUT2D eigenvalue weighted by molar-refractivity contribution is 5.94. The summed E-state index contributed by atoms with van der Waals surface area (Å²) in [5.74, 6) is 0.264. The van der Waals surface area contributed by atoms with Gasteiger partial charge in [0.1, 0.15) is 0 Å². The van der Waals surface area contributed by atoms with Gasteiger partial charge in [0.2, 0.25) is 0 Å². The van der Waals surface area contributed by atoms with Crippen molar-refractivity contribution >= 4 is 23.7 Å². The fourth-order valence-electron chi connectivity index (χ4n) is 2.70. The second-order valence-corrected chi connectivity index (χ2v) is 6.78. The summed E-state index contributed by atoms with van der Waals surface area (Å²) in [5, 5.41) is 6.75. The molecule has 0 unspecified atom stereocenters. The minimum absolute atomic E-state index is 0.164. The van der Waals surface area contributed by atoms with Gasteiger partial charge in [0.25, 0.3) is 11.8 Å². The number of hydrazone groups is 1. The Kier molecular flexibility index (Phi) is 7.91. The lowest BCUT2D eigenvalue weighted by Crippen LogP contribution is -2.20. The van der Waals surface area contributed by atoms with Gasteiger partial charge in [-0.3, -0.25) is 14.6 Å². The molecule has 0 spiro atoms. The first-order chi connectivity index (χ1) is 15.5. The van der Waals surface area contributed by atoms with Crippen LogP contribution in [0.1, 0.15) is 28.4 Å². The number of ether oxygens (including phenoxy) is 2. The third kappa shape index (κ3) is 6.66. The van der Waals surface area contributed by atoms with Crippen molar-refractivity contribution in [3.8, 4) is 11.5 Å². The molecule has 0 aliphatic carbocycles. The van der Waals surface area contributed by atoms with E-state index in [1.807, 2.05) is 38.1 Å². The molecule has 1 heterocycles. The molecular formula is C24H24N4O4. The van der Waals surface area contributed by atoms with Crippen molar-refractivity contribution in [2.75, 3.05) is 18.5 Å². The van der Waals surface area contributed by atoms with Crippen LogP contribution in [0.25, 0.3) is 0 Å². The maximum Gasteiger partial charge on any atom is 0.272 e. The highest BCUT2D eigenvalue weighted by Crippen LogP contribution is 2.28. The molecule has 2 amide bonds. The van der Waals surface area contributed by atoms with Crippen molar-refractivity contribution in [1.82, 2.24) is 10.4 Å². The van der Waals surface area contributed by atoms with Crippen LogP contribution in [0.2, 0.25) is 0 Å². The molecule has 0 bridgehead atoms. The Balaban J connectivity index is 1.59. The van der Waals surface area contributed by atoms with E-state index in [0.717, 1.165) is 5.56 Å². The Labute approximate surface area is 186 Å². The Bertz CT molecular complexity index is 1080. The number of nitrogens with one attached hydrogen (secondary N) is 2. The molecule has 0 saturated carbocycles. The third-order valence-electron chi connectivity index (χ3n) is 4.27. The second-order valence-electron chi connectivity index (χ2n) is 6.78. The van der Waals surface area contributed by atoms with Gasteiger partial charge in [-0.05, 0) is 61.9 Å². The van der Waals surface area contributed by atoms with E-state index < -0.39 is 0 Å². The van der Waals surface area contributed by atoms with Crippen molar-refractivity contribution < 1.29 is 19.1 Å². The number of amides is 2. The van der Waals surface area contributed by atoms with E-state index >= 15 is 0 Å². The maximum atomic E-state index is 12.2. The van der Waals surface area contributed by atoms with Crippen molar-refractivity contribution in [3.05, 3.63) is 83.7 Å². The summed E-state index contributed by atoms with van der Waals surface area (Å²) in [4.78, 5) is 28.1. The van der Waals surface area contributed by atoms with Crippen LogP contribution in [0.15, 0.2) is 72.1 Å². The summed E-state index contributed by atoms with van der Waals surface area (Å²) in [7, 11) is 0. The molecule has 0 aliphatic heterocycles. The van der Waals surface area contributed by atoms with Crippen molar-refractivity contribution in [2.24, 2.45) is 5.10 Å². The van der Waals surface area contributed by atoms with E-state index in [-0.39, 0.29) is 18.4 Å². The van der Waals surface area contributed by atoms with Gasteiger partial charge in [-0.15, -0.1) is 0 Å². The highest BCUT2D eigenvalue weighted by Gasteiger charge is 2.10. The Morgan fingerprint density at radius 1 is 1.06 bits per heavy atom. The number of carbonyl (C=O) groups excluding carboxylic acids is 2.